The number of rotatable bonds is 9. The lowest BCUT2D eigenvalue weighted by atomic mass is 9.72. The van der Waals surface area contributed by atoms with Crippen LogP contribution in [0.3, 0.4) is 0 Å². The molecular formula is C30H29BrF3N3O5. The molecule has 0 aromatic heterocycles. The van der Waals surface area contributed by atoms with Gasteiger partial charge in [-0.2, -0.15) is 18.4 Å². The molecule has 2 unspecified atom stereocenters. The van der Waals surface area contributed by atoms with Gasteiger partial charge in [0.1, 0.15) is 6.61 Å². The number of halogens is 4. The minimum absolute atomic E-state index is 0.0172. The standard InChI is InChI=1S/C30H29BrF3N3O5/c1-4-6-17-9-23-28(25(38)10-17)27(21(14-35)16(3)36-23)19-11-22(31)29(26(12-19)41-5-2)42-15-18-7-8-20(30(32,33)34)13-24(18)37(39)40/h7-8,11-13,17,27,36H,4-6,9-10,15H2,1-3H3. The van der Waals surface area contributed by atoms with Gasteiger partial charge in [0.25, 0.3) is 5.69 Å². The predicted octanol–water partition coefficient (Wildman–Crippen LogP) is 7.87. The number of nitrogens with one attached hydrogen (secondary N) is 1. The Labute approximate surface area is 249 Å². The van der Waals surface area contributed by atoms with E-state index in [-0.39, 0.29) is 35.4 Å². The van der Waals surface area contributed by atoms with Gasteiger partial charge in [0.2, 0.25) is 0 Å². The van der Waals surface area contributed by atoms with E-state index in [1.807, 2.05) is 0 Å². The summed E-state index contributed by atoms with van der Waals surface area (Å²) in [6.07, 6.45) is -1.75. The summed E-state index contributed by atoms with van der Waals surface area (Å²) in [6.45, 7) is 5.45. The van der Waals surface area contributed by atoms with Crippen LogP contribution < -0.4 is 14.8 Å². The molecule has 1 N–H and O–H groups in total. The molecule has 2 aromatic carbocycles. The average molecular weight is 648 g/mol. The second-order valence-electron chi connectivity index (χ2n) is 10.2. The predicted molar refractivity (Wildman–Crippen MR) is 152 cm³/mol. The molecule has 0 radical (unpaired) electrons. The van der Waals surface area contributed by atoms with E-state index in [0.29, 0.717) is 45.8 Å². The highest BCUT2D eigenvalue weighted by Crippen LogP contribution is 2.47. The van der Waals surface area contributed by atoms with Crippen molar-refractivity contribution >= 4 is 27.4 Å². The molecule has 0 fully saturated rings. The number of dihydropyridines is 1. The number of nitrogens with zero attached hydrogens (tertiary/aromatic N) is 2. The summed E-state index contributed by atoms with van der Waals surface area (Å²) >= 11 is 3.48. The zero-order chi connectivity index (χ0) is 30.8. The molecule has 0 saturated carbocycles. The Morgan fingerprint density at radius 1 is 1.19 bits per heavy atom. The number of nitro groups is 1. The van der Waals surface area contributed by atoms with Crippen molar-refractivity contribution < 1.29 is 32.4 Å². The van der Waals surface area contributed by atoms with Crippen LogP contribution in [0.15, 0.2) is 57.3 Å². The number of carbonyl (C=O) groups is 1. The number of hydrogen-bond acceptors (Lipinski definition) is 7. The molecule has 1 aliphatic carbocycles. The van der Waals surface area contributed by atoms with E-state index < -0.39 is 34.9 Å². The van der Waals surface area contributed by atoms with Gasteiger partial charge in [0.05, 0.1) is 44.7 Å². The Morgan fingerprint density at radius 2 is 1.93 bits per heavy atom. The molecule has 4 rings (SSSR count). The third kappa shape index (κ3) is 6.31. The van der Waals surface area contributed by atoms with E-state index >= 15 is 0 Å². The van der Waals surface area contributed by atoms with Crippen LogP contribution in [-0.4, -0.2) is 17.3 Å². The van der Waals surface area contributed by atoms with Gasteiger partial charge in [-0.15, -0.1) is 0 Å². The zero-order valence-electron chi connectivity index (χ0n) is 23.2. The fourth-order valence-corrected chi connectivity index (χ4v) is 6.13. The first-order valence-corrected chi connectivity index (χ1v) is 14.3. The van der Waals surface area contributed by atoms with Crippen LogP contribution >= 0.6 is 15.9 Å². The van der Waals surface area contributed by atoms with Crippen LogP contribution in [-0.2, 0) is 17.6 Å². The molecule has 2 aliphatic rings. The molecule has 0 spiro atoms. The largest absolute Gasteiger partial charge is 0.490 e. The Morgan fingerprint density at radius 3 is 2.55 bits per heavy atom. The molecule has 1 aliphatic heterocycles. The highest BCUT2D eigenvalue weighted by atomic mass is 79.9. The Bertz CT molecular complexity index is 1530. The van der Waals surface area contributed by atoms with Crippen molar-refractivity contribution in [2.75, 3.05) is 6.61 Å². The number of ketones is 1. The van der Waals surface area contributed by atoms with Crippen LogP contribution in [0.5, 0.6) is 11.5 Å². The fourth-order valence-electron chi connectivity index (χ4n) is 5.55. The van der Waals surface area contributed by atoms with E-state index in [2.05, 4.69) is 34.2 Å². The molecule has 42 heavy (non-hydrogen) atoms. The van der Waals surface area contributed by atoms with Gasteiger partial charge < -0.3 is 14.8 Å². The van der Waals surface area contributed by atoms with E-state index in [9.17, 15) is 33.3 Å². The topological polar surface area (TPSA) is 114 Å². The number of alkyl halides is 3. The maximum Gasteiger partial charge on any atom is 0.416 e. The lowest BCUT2D eigenvalue weighted by molar-refractivity contribution is -0.386. The van der Waals surface area contributed by atoms with Gasteiger partial charge in [-0.1, -0.05) is 13.3 Å². The van der Waals surface area contributed by atoms with Crippen LogP contribution in [0.1, 0.15) is 69.1 Å². The number of benzene rings is 2. The molecular weight excluding hydrogens is 619 g/mol. The van der Waals surface area contributed by atoms with Crippen LogP contribution in [0.25, 0.3) is 0 Å². The van der Waals surface area contributed by atoms with Crippen molar-refractivity contribution in [2.24, 2.45) is 5.92 Å². The van der Waals surface area contributed by atoms with E-state index in [4.69, 9.17) is 9.47 Å². The number of allylic oxidation sites excluding steroid dienone is 4. The highest BCUT2D eigenvalue weighted by molar-refractivity contribution is 9.10. The third-order valence-electron chi connectivity index (χ3n) is 7.38. The molecule has 0 amide bonds. The summed E-state index contributed by atoms with van der Waals surface area (Å²) in [5, 5.41) is 24.9. The lowest BCUT2D eigenvalue weighted by Gasteiger charge is -2.35. The highest BCUT2D eigenvalue weighted by Gasteiger charge is 2.39. The van der Waals surface area contributed by atoms with Crippen molar-refractivity contribution in [1.29, 1.82) is 5.26 Å². The van der Waals surface area contributed by atoms with Crippen LogP contribution in [0, 0.1) is 27.4 Å². The molecule has 2 atom stereocenters. The minimum atomic E-state index is -4.74. The SMILES string of the molecule is CCCC1CC(=O)C2=C(C1)NC(C)=C(C#N)C2c1cc(Br)c(OCc2ccc(C(F)(F)F)cc2[N+](=O)[O-])c(OCC)c1. The van der Waals surface area contributed by atoms with Crippen molar-refractivity contribution in [3.05, 3.63) is 84.1 Å². The van der Waals surface area contributed by atoms with E-state index in [0.717, 1.165) is 30.7 Å². The second kappa shape index (κ2) is 12.6. The molecule has 0 bridgehead atoms. The summed E-state index contributed by atoms with van der Waals surface area (Å²) in [6, 6.07) is 7.88. The maximum atomic E-state index is 13.4. The first-order chi connectivity index (χ1) is 19.9. The number of nitriles is 1. The monoisotopic (exact) mass is 647 g/mol. The minimum Gasteiger partial charge on any atom is -0.490 e. The Balaban J connectivity index is 1.74. The maximum absolute atomic E-state index is 13.4. The first-order valence-electron chi connectivity index (χ1n) is 13.5. The summed E-state index contributed by atoms with van der Waals surface area (Å²) in [5.41, 5.74) is 1.13. The van der Waals surface area contributed by atoms with Crippen molar-refractivity contribution in [3.63, 3.8) is 0 Å². The van der Waals surface area contributed by atoms with Gasteiger partial charge in [0, 0.05) is 29.5 Å². The van der Waals surface area contributed by atoms with Gasteiger partial charge >= 0.3 is 6.18 Å². The molecule has 12 heteroatoms. The van der Waals surface area contributed by atoms with Gasteiger partial charge in [-0.05, 0) is 78.4 Å². The Hall–Kier alpha value is -3.85. The fraction of sp³-hybridized carbons (Fsp3) is 0.400. The van der Waals surface area contributed by atoms with Gasteiger partial charge in [-0.3, -0.25) is 14.9 Å². The summed E-state index contributed by atoms with van der Waals surface area (Å²) in [5.74, 6) is -0.00532. The van der Waals surface area contributed by atoms with Crippen molar-refractivity contribution in [2.45, 2.75) is 65.2 Å². The molecule has 2 aromatic rings. The summed E-state index contributed by atoms with van der Waals surface area (Å²) < 4.78 is 51.5. The lowest BCUT2D eigenvalue weighted by Crippen LogP contribution is -2.34. The van der Waals surface area contributed by atoms with Gasteiger partial charge in [-0.25, -0.2) is 0 Å². The molecule has 222 valence electrons. The molecule has 1 heterocycles. The number of hydrogen-bond donors (Lipinski definition) is 1. The normalized spacial score (nSPS) is 18.8. The molecule has 0 saturated heterocycles. The van der Waals surface area contributed by atoms with Crippen molar-refractivity contribution in [1.82, 2.24) is 5.32 Å². The average Bonchev–Trinajstić information content (AvgIpc) is 2.91. The summed E-state index contributed by atoms with van der Waals surface area (Å²) in [4.78, 5) is 24.1. The first kappa shape index (κ1) is 31.1. The van der Waals surface area contributed by atoms with Gasteiger partial charge in [0.15, 0.2) is 17.3 Å². The summed E-state index contributed by atoms with van der Waals surface area (Å²) in [7, 11) is 0. The number of Topliss-reactive ketones (excluding diaryl/α,β-unsaturated/α-hetero) is 1. The molecule has 8 nitrogen and oxygen atoms in total. The second-order valence-corrected chi connectivity index (χ2v) is 11.1. The van der Waals surface area contributed by atoms with Crippen LogP contribution in [0.4, 0.5) is 18.9 Å². The number of nitro benzene ring substituents is 1. The van der Waals surface area contributed by atoms with Crippen LogP contribution in [0.2, 0.25) is 0 Å². The van der Waals surface area contributed by atoms with E-state index in [1.54, 1.807) is 26.0 Å². The smallest absolute Gasteiger partial charge is 0.416 e. The Kier molecular flexibility index (Phi) is 9.30. The quantitative estimate of drug-likeness (QED) is 0.217. The van der Waals surface area contributed by atoms with Crippen molar-refractivity contribution in [3.8, 4) is 17.6 Å². The zero-order valence-corrected chi connectivity index (χ0v) is 24.8. The number of ether oxygens (including phenoxy) is 2. The third-order valence-corrected chi connectivity index (χ3v) is 7.96. The number of carbonyl (C=O) groups excluding carboxylic acids is 1. The van der Waals surface area contributed by atoms with E-state index in [1.165, 1.54) is 0 Å².